The molecule has 0 saturated heterocycles. The summed E-state index contributed by atoms with van der Waals surface area (Å²) >= 11 is 0. The summed E-state index contributed by atoms with van der Waals surface area (Å²) in [6, 6.07) is 7.81. The Morgan fingerprint density at radius 2 is 1.81 bits per heavy atom. The van der Waals surface area contributed by atoms with E-state index in [0.717, 1.165) is 6.07 Å². The Morgan fingerprint density at radius 1 is 1.05 bits per heavy atom. The zero-order valence-corrected chi connectivity index (χ0v) is 11.0. The van der Waals surface area contributed by atoms with Gasteiger partial charge in [-0.25, -0.2) is 8.78 Å². The van der Waals surface area contributed by atoms with E-state index in [9.17, 15) is 13.9 Å². The Hall–Kier alpha value is -2.76. The van der Waals surface area contributed by atoms with E-state index in [1.54, 1.807) is 6.92 Å². The quantitative estimate of drug-likeness (QED) is 0.781. The third-order valence-electron chi connectivity index (χ3n) is 3.04. The number of nitrogens with zero attached hydrogens (tertiary/aromatic N) is 2. The fourth-order valence-electron chi connectivity index (χ4n) is 2.00. The maximum absolute atomic E-state index is 13.7. The van der Waals surface area contributed by atoms with Gasteiger partial charge in [-0.2, -0.15) is 4.98 Å². The molecule has 0 atom stereocenters. The van der Waals surface area contributed by atoms with E-state index in [1.165, 1.54) is 30.3 Å². The lowest BCUT2D eigenvalue weighted by Crippen LogP contribution is -1.88. The molecule has 0 aliphatic rings. The van der Waals surface area contributed by atoms with E-state index >= 15 is 0 Å². The third kappa shape index (κ3) is 2.47. The molecule has 0 spiro atoms. The summed E-state index contributed by atoms with van der Waals surface area (Å²) in [6.07, 6.45) is 0. The van der Waals surface area contributed by atoms with Crippen LogP contribution in [0.4, 0.5) is 8.78 Å². The van der Waals surface area contributed by atoms with Gasteiger partial charge in [0.15, 0.2) is 0 Å². The molecule has 0 aliphatic heterocycles. The summed E-state index contributed by atoms with van der Waals surface area (Å²) < 4.78 is 31.9. The van der Waals surface area contributed by atoms with Crippen LogP contribution in [0, 0.1) is 18.6 Å². The fraction of sp³-hybridized carbons (Fsp3) is 0.0667. The Bertz CT molecular complexity index is 749. The Kier molecular flexibility index (Phi) is 3.13. The summed E-state index contributed by atoms with van der Waals surface area (Å²) in [6.45, 7) is 1.72. The first-order valence-electron chi connectivity index (χ1n) is 6.14. The van der Waals surface area contributed by atoms with Crippen molar-refractivity contribution in [1.29, 1.82) is 0 Å². The van der Waals surface area contributed by atoms with E-state index in [-0.39, 0.29) is 28.8 Å². The molecular formula is C15H10F2N2O2. The zero-order valence-electron chi connectivity index (χ0n) is 11.0. The molecule has 3 aromatic rings. The van der Waals surface area contributed by atoms with Crippen molar-refractivity contribution in [2.24, 2.45) is 0 Å². The highest BCUT2D eigenvalue weighted by atomic mass is 19.1. The molecule has 2 aromatic carbocycles. The minimum atomic E-state index is -0.666. The minimum Gasteiger partial charge on any atom is -0.508 e. The van der Waals surface area contributed by atoms with Gasteiger partial charge < -0.3 is 9.63 Å². The van der Waals surface area contributed by atoms with Gasteiger partial charge in [-0.05, 0) is 42.8 Å². The molecule has 0 amide bonds. The molecule has 1 heterocycles. The van der Waals surface area contributed by atoms with Crippen molar-refractivity contribution in [1.82, 2.24) is 10.1 Å². The van der Waals surface area contributed by atoms with Gasteiger partial charge in [-0.15, -0.1) is 0 Å². The molecule has 3 rings (SSSR count). The second kappa shape index (κ2) is 4.97. The second-order valence-corrected chi connectivity index (χ2v) is 4.55. The third-order valence-corrected chi connectivity index (χ3v) is 3.04. The molecule has 0 aliphatic carbocycles. The second-order valence-electron chi connectivity index (χ2n) is 4.55. The molecule has 0 fully saturated rings. The summed E-state index contributed by atoms with van der Waals surface area (Å²) in [5.74, 6) is -0.975. The van der Waals surface area contributed by atoms with Crippen LogP contribution in [0.5, 0.6) is 5.75 Å². The van der Waals surface area contributed by atoms with Crippen LogP contribution < -0.4 is 0 Å². The van der Waals surface area contributed by atoms with Gasteiger partial charge in [-0.1, -0.05) is 5.16 Å². The predicted molar refractivity (Wildman–Crippen MR) is 71.5 cm³/mol. The number of phenols is 1. The zero-order chi connectivity index (χ0) is 15.0. The average molecular weight is 288 g/mol. The molecule has 1 N–H and O–H groups in total. The molecule has 106 valence electrons. The van der Waals surface area contributed by atoms with Gasteiger partial charge in [-0.3, -0.25) is 0 Å². The molecule has 0 radical (unpaired) electrons. The maximum Gasteiger partial charge on any atom is 0.261 e. The van der Waals surface area contributed by atoms with Crippen LogP contribution in [-0.2, 0) is 0 Å². The monoisotopic (exact) mass is 288 g/mol. The predicted octanol–water partition coefficient (Wildman–Crippen LogP) is 3.70. The summed E-state index contributed by atoms with van der Waals surface area (Å²) in [7, 11) is 0. The van der Waals surface area contributed by atoms with Crippen molar-refractivity contribution in [3.05, 3.63) is 53.6 Å². The van der Waals surface area contributed by atoms with Crippen LogP contribution in [0.3, 0.4) is 0 Å². The van der Waals surface area contributed by atoms with E-state index in [2.05, 4.69) is 10.1 Å². The lowest BCUT2D eigenvalue weighted by atomic mass is 10.1. The van der Waals surface area contributed by atoms with Gasteiger partial charge >= 0.3 is 0 Å². The van der Waals surface area contributed by atoms with Crippen molar-refractivity contribution >= 4 is 0 Å². The van der Waals surface area contributed by atoms with Crippen molar-refractivity contribution in [3.63, 3.8) is 0 Å². The summed E-state index contributed by atoms with van der Waals surface area (Å²) in [4.78, 5) is 4.11. The van der Waals surface area contributed by atoms with Crippen molar-refractivity contribution in [3.8, 4) is 28.6 Å². The Morgan fingerprint density at radius 3 is 2.52 bits per heavy atom. The van der Waals surface area contributed by atoms with Crippen molar-refractivity contribution < 1.29 is 18.4 Å². The van der Waals surface area contributed by atoms with E-state index in [4.69, 9.17) is 4.52 Å². The summed E-state index contributed by atoms with van der Waals surface area (Å²) in [5, 5.41) is 13.0. The van der Waals surface area contributed by atoms with Crippen molar-refractivity contribution in [2.45, 2.75) is 6.92 Å². The first kappa shape index (κ1) is 13.2. The Labute approximate surface area is 118 Å². The van der Waals surface area contributed by atoms with Crippen LogP contribution in [0.25, 0.3) is 22.8 Å². The first-order valence-corrected chi connectivity index (χ1v) is 6.14. The van der Waals surface area contributed by atoms with Crippen LogP contribution >= 0.6 is 0 Å². The molecular weight excluding hydrogens is 278 g/mol. The number of halogens is 2. The van der Waals surface area contributed by atoms with E-state index in [1.807, 2.05) is 0 Å². The molecule has 0 unspecified atom stereocenters. The van der Waals surface area contributed by atoms with Crippen LogP contribution in [0.1, 0.15) is 5.56 Å². The number of aryl methyl sites for hydroxylation is 1. The highest BCUT2D eigenvalue weighted by Crippen LogP contribution is 2.27. The minimum absolute atomic E-state index is 0.00812. The van der Waals surface area contributed by atoms with Gasteiger partial charge in [0.25, 0.3) is 5.89 Å². The highest BCUT2D eigenvalue weighted by molar-refractivity contribution is 5.63. The SMILES string of the molecule is Cc1cc(F)ccc1-c1noc(-c2ccc(O)cc2F)n1. The number of hydrogen-bond donors (Lipinski definition) is 1. The van der Waals surface area contributed by atoms with Crippen molar-refractivity contribution in [2.75, 3.05) is 0 Å². The van der Waals surface area contributed by atoms with E-state index in [0.29, 0.717) is 11.1 Å². The van der Waals surface area contributed by atoms with Gasteiger partial charge in [0, 0.05) is 11.6 Å². The standard InChI is InChI=1S/C15H10F2N2O2/c1-8-6-9(16)2-4-11(8)14-18-15(21-19-14)12-5-3-10(20)7-13(12)17/h2-7,20H,1H3. The maximum atomic E-state index is 13.7. The molecule has 21 heavy (non-hydrogen) atoms. The van der Waals surface area contributed by atoms with Gasteiger partial charge in [0.05, 0.1) is 5.56 Å². The normalized spacial score (nSPS) is 10.8. The smallest absolute Gasteiger partial charge is 0.261 e. The molecule has 0 saturated carbocycles. The molecule has 4 nitrogen and oxygen atoms in total. The van der Waals surface area contributed by atoms with Gasteiger partial charge in [0.1, 0.15) is 17.4 Å². The van der Waals surface area contributed by atoms with Crippen LogP contribution in [0.15, 0.2) is 40.9 Å². The first-order chi connectivity index (χ1) is 10.0. The lowest BCUT2D eigenvalue weighted by Gasteiger charge is -2.00. The fourth-order valence-corrected chi connectivity index (χ4v) is 2.00. The molecule has 1 aromatic heterocycles. The van der Waals surface area contributed by atoms with Crippen LogP contribution in [-0.4, -0.2) is 15.2 Å². The average Bonchev–Trinajstić information content (AvgIpc) is 2.87. The number of rotatable bonds is 2. The van der Waals surface area contributed by atoms with E-state index < -0.39 is 5.82 Å². The molecule has 0 bridgehead atoms. The number of aromatic nitrogens is 2. The number of benzene rings is 2. The van der Waals surface area contributed by atoms with Crippen LogP contribution in [0.2, 0.25) is 0 Å². The largest absolute Gasteiger partial charge is 0.508 e. The number of aromatic hydroxyl groups is 1. The van der Waals surface area contributed by atoms with Gasteiger partial charge in [0.2, 0.25) is 5.82 Å². The summed E-state index contributed by atoms with van der Waals surface area (Å²) in [5.41, 5.74) is 1.34. The highest BCUT2D eigenvalue weighted by Gasteiger charge is 2.16. The topological polar surface area (TPSA) is 59.2 Å². The Balaban J connectivity index is 2.03. The lowest BCUT2D eigenvalue weighted by molar-refractivity contribution is 0.428. The molecule has 6 heteroatoms. The number of phenolic OH excluding ortho intramolecular Hbond substituents is 1. The number of hydrogen-bond acceptors (Lipinski definition) is 4.